The van der Waals surface area contributed by atoms with Crippen molar-refractivity contribution in [3.8, 4) is 0 Å². The Morgan fingerprint density at radius 1 is 1.39 bits per heavy atom. The summed E-state index contributed by atoms with van der Waals surface area (Å²) in [7, 11) is 1.86. The van der Waals surface area contributed by atoms with E-state index >= 15 is 0 Å². The number of benzene rings is 1. The SMILES string of the molecule is CCc1cc(CC(=O)c2cccc(Cl)c2)n(C)n1. The minimum Gasteiger partial charge on any atom is -0.294 e. The molecule has 2 rings (SSSR count). The fraction of sp³-hybridized carbons (Fsp3) is 0.286. The van der Waals surface area contributed by atoms with E-state index in [2.05, 4.69) is 5.10 Å². The molecule has 0 fully saturated rings. The first-order valence-electron chi connectivity index (χ1n) is 5.90. The third-order valence-corrected chi connectivity index (χ3v) is 3.11. The van der Waals surface area contributed by atoms with Gasteiger partial charge in [-0.05, 0) is 24.6 Å². The molecule has 0 aliphatic heterocycles. The lowest BCUT2D eigenvalue weighted by molar-refractivity contribution is 0.0991. The zero-order valence-electron chi connectivity index (χ0n) is 10.5. The van der Waals surface area contributed by atoms with Crippen molar-refractivity contribution in [1.29, 1.82) is 0 Å². The van der Waals surface area contributed by atoms with Crippen LogP contribution in [0.3, 0.4) is 0 Å². The van der Waals surface area contributed by atoms with Crippen molar-refractivity contribution in [3.05, 3.63) is 52.3 Å². The van der Waals surface area contributed by atoms with E-state index in [1.807, 2.05) is 20.0 Å². The highest BCUT2D eigenvalue weighted by Crippen LogP contribution is 2.14. The topological polar surface area (TPSA) is 34.9 Å². The van der Waals surface area contributed by atoms with Crippen molar-refractivity contribution >= 4 is 17.4 Å². The molecule has 0 bridgehead atoms. The molecule has 94 valence electrons. The summed E-state index contributed by atoms with van der Waals surface area (Å²) in [4.78, 5) is 12.1. The van der Waals surface area contributed by atoms with Crippen LogP contribution in [0.25, 0.3) is 0 Å². The fourth-order valence-corrected chi connectivity index (χ4v) is 2.03. The first kappa shape index (κ1) is 12.8. The monoisotopic (exact) mass is 262 g/mol. The Bertz CT molecular complexity index is 575. The average Bonchev–Trinajstić information content (AvgIpc) is 2.70. The lowest BCUT2D eigenvalue weighted by atomic mass is 10.1. The Hall–Kier alpha value is -1.61. The van der Waals surface area contributed by atoms with Gasteiger partial charge in [-0.15, -0.1) is 0 Å². The molecule has 0 radical (unpaired) electrons. The molecule has 0 saturated carbocycles. The van der Waals surface area contributed by atoms with Crippen LogP contribution in [0.5, 0.6) is 0 Å². The maximum absolute atomic E-state index is 12.1. The average molecular weight is 263 g/mol. The molecule has 0 saturated heterocycles. The number of carbonyl (C=O) groups excluding carboxylic acids is 1. The van der Waals surface area contributed by atoms with E-state index in [0.717, 1.165) is 17.8 Å². The number of nitrogens with zero attached hydrogens (tertiary/aromatic N) is 2. The van der Waals surface area contributed by atoms with Gasteiger partial charge in [-0.25, -0.2) is 0 Å². The molecule has 1 aromatic carbocycles. The largest absolute Gasteiger partial charge is 0.294 e. The summed E-state index contributed by atoms with van der Waals surface area (Å²) in [6.45, 7) is 2.05. The molecule has 0 spiro atoms. The third kappa shape index (κ3) is 2.79. The number of carbonyl (C=O) groups is 1. The normalized spacial score (nSPS) is 10.6. The van der Waals surface area contributed by atoms with E-state index in [-0.39, 0.29) is 5.78 Å². The Labute approximate surface area is 111 Å². The third-order valence-electron chi connectivity index (χ3n) is 2.88. The van der Waals surface area contributed by atoms with Gasteiger partial charge in [0.2, 0.25) is 0 Å². The number of ketones is 1. The second kappa shape index (κ2) is 5.36. The van der Waals surface area contributed by atoms with Crippen molar-refractivity contribution in [2.45, 2.75) is 19.8 Å². The standard InChI is InChI=1S/C14H15ClN2O/c1-3-12-8-13(17(2)16-12)9-14(18)10-5-4-6-11(15)7-10/h4-8H,3,9H2,1-2H3. The van der Waals surface area contributed by atoms with Gasteiger partial charge in [0.05, 0.1) is 12.1 Å². The van der Waals surface area contributed by atoms with E-state index in [4.69, 9.17) is 11.6 Å². The number of rotatable bonds is 4. The number of aromatic nitrogens is 2. The maximum Gasteiger partial charge on any atom is 0.168 e. The van der Waals surface area contributed by atoms with Gasteiger partial charge >= 0.3 is 0 Å². The van der Waals surface area contributed by atoms with E-state index in [1.165, 1.54) is 0 Å². The molecule has 1 heterocycles. The van der Waals surface area contributed by atoms with Crippen LogP contribution >= 0.6 is 11.6 Å². The van der Waals surface area contributed by atoms with Crippen LogP contribution in [0.15, 0.2) is 30.3 Å². The lowest BCUT2D eigenvalue weighted by Gasteiger charge is -2.02. The molecule has 0 unspecified atom stereocenters. The predicted molar refractivity (Wildman–Crippen MR) is 72.1 cm³/mol. The van der Waals surface area contributed by atoms with E-state index < -0.39 is 0 Å². The zero-order chi connectivity index (χ0) is 13.1. The second-order valence-electron chi connectivity index (χ2n) is 4.21. The van der Waals surface area contributed by atoms with Gasteiger partial charge in [-0.2, -0.15) is 5.10 Å². The Kier molecular flexibility index (Phi) is 3.82. The van der Waals surface area contributed by atoms with Crippen molar-refractivity contribution in [3.63, 3.8) is 0 Å². The summed E-state index contributed by atoms with van der Waals surface area (Å²) < 4.78 is 1.77. The van der Waals surface area contributed by atoms with E-state index in [0.29, 0.717) is 17.0 Å². The highest BCUT2D eigenvalue weighted by atomic mass is 35.5. The van der Waals surface area contributed by atoms with Crippen molar-refractivity contribution < 1.29 is 4.79 Å². The van der Waals surface area contributed by atoms with Gasteiger partial charge in [0, 0.05) is 23.3 Å². The van der Waals surface area contributed by atoms with Crippen LogP contribution in [0.4, 0.5) is 0 Å². The molecule has 0 aliphatic rings. The first-order chi connectivity index (χ1) is 8.60. The summed E-state index contributed by atoms with van der Waals surface area (Å²) in [5, 5.41) is 4.92. The summed E-state index contributed by atoms with van der Waals surface area (Å²) in [6.07, 6.45) is 1.23. The van der Waals surface area contributed by atoms with Crippen LogP contribution in [-0.4, -0.2) is 15.6 Å². The summed E-state index contributed by atoms with van der Waals surface area (Å²) in [5.74, 6) is 0.0585. The minimum absolute atomic E-state index is 0.0585. The summed E-state index contributed by atoms with van der Waals surface area (Å²) >= 11 is 5.88. The van der Waals surface area contributed by atoms with Crippen molar-refractivity contribution in [1.82, 2.24) is 9.78 Å². The number of hydrogen-bond donors (Lipinski definition) is 0. The minimum atomic E-state index is 0.0585. The van der Waals surface area contributed by atoms with Crippen LogP contribution < -0.4 is 0 Å². The lowest BCUT2D eigenvalue weighted by Crippen LogP contribution is -2.07. The number of Topliss-reactive ketones (excluding diaryl/α,β-unsaturated/α-hetero) is 1. The zero-order valence-corrected chi connectivity index (χ0v) is 11.2. The van der Waals surface area contributed by atoms with Crippen LogP contribution in [-0.2, 0) is 19.9 Å². The molecule has 0 N–H and O–H groups in total. The van der Waals surface area contributed by atoms with Crippen molar-refractivity contribution in [2.24, 2.45) is 7.05 Å². The van der Waals surface area contributed by atoms with Gasteiger partial charge in [0.1, 0.15) is 0 Å². The van der Waals surface area contributed by atoms with E-state index in [9.17, 15) is 4.79 Å². The molecular formula is C14H15ClN2O. The van der Waals surface area contributed by atoms with E-state index in [1.54, 1.807) is 28.9 Å². The number of halogens is 1. The van der Waals surface area contributed by atoms with Gasteiger partial charge in [-0.3, -0.25) is 9.48 Å². The molecule has 3 nitrogen and oxygen atoms in total. The molecule has 4 heteroatoms. The van der Waals surface area contributed by atoms with Gasteiger partial charge < -0.3 is 0 Å². The fourth-order valence-electron chi connectivity index (χ4n) is 1.84. The predicted octanol–water partition coefficient (Wildman–Crippen LogP) is 3.06. The quantitative estimate of drug-likeness (QED) is 0.794. The second-order valence-corrected chi connectivity index (χ2v) is 4.65. The summed E-state index contributed by atoms with van der Waals surface area (Å²) in [6, 6.07) is 9.00. The van der Waals surface area contributed by atoms with Crippen molar-refractivity contribution in [2.75, 3.05) is 0 Å². The first-order valence-corrected chi connectivity index (χ1v) is 6.28. The van der Waals surface area contributed by atoms with Crippen LogP contribution in [0, 0.1) is 0 Å². The summed E-state index contributed by atoms with van der Waals surface area (Å²) in [5.41, 5.74) is 2.57. The highest BCUT2D eigenvalue weighted by Gasteiger charge is 2.11. The molecule has 18 heavy (non-hydrogen) atoms. The number of aryl methyl sites for hydroxylation is 2. The molecule has 1 aromatic heterocycles. The Balaban J connectivity index is 2.18. The molecule has 2 aromatic rings. The molecule has 0 atom stereocenters. The number of hydrogen-bond acceptors (Lipinski definition) is 2. The van der Waals surface area contributed by atoms with Gasteiger partial charge in [-0.1, -0.05) is 30.7 Å². The Morgan fingerprint density at radius 2 is 2.17 bits per heavy atom. The van der Waals surface area contributed by atoms with Gasteiger partial charge in [0.25, 0.3) is 0 Å². The van der Waals surface area contributed by atoms with Gasteiger partial charge in [0.15, 0.2) is 5.78 Å². The van der Waals surface area contributed by atoms with Crippen LogP contribution in [0.1, 0.15) is 28.7 Å². The smallest absolute Gasteiger partial charge is 0.168 e. The maximum atomic E-state index is 12.1. The Morgan fingerprint density at radius 3 is 2.78 bits per heavy atom. The molecule has 0 amide bonds. The van der Waals surface area contributed by atoms with Crippen LogP contribution in [0.2, 0.25) is 5.02 Å². The molecular weight excluding hydrogens is 248 g/mol. The highest BCUT2D eigenvalue weighted by molar-refractivity contribution is 6.31. The molecule has 0 aliphatic carbocycles.